The Morgan fingerprint density at radius 1 is 1.00 bits per heavy atom. The highest BCUT2D eigenvalue weighted by atomic mass is 35.5. The molecule has 0 saturated heterocycles. The Morgan fingerprint density at radius 2 is 1.73 bits per heavy atom. The van der Waals surface area contributed by atoms with Crippen LogP contribution in [0.4, 0.5) is 0 Å². The molecule has 1 aromatic heterocycles. The van der Waals surface area contributed by atoms with Gasteiger partial charge in [-0.1, -0.05) is 59.7 Å². The van der Waals surface area contributed by atoms with Gasteiger partial charge in [0.2, 0.25) is 16.9 Å². The molecule has 0 aliphatic heterocycles. The molecule has 0 amide bonds. The summed E-state index contributed by atoms with van der Waals surface area (Å²) >= 11 is 1.94. The van der Waals surface area contributed by atoms with Crippen LogP contribution in [0.1, 0.15) is 47.0 Å². The fraction of sp³-hybridized carbons (Fsp3) is 0.348. The van der Waals surface area contributed by atoms with E-state index >= 15 is 0 Å². The van der Waals surface area contributed by atoms with E-state index in [4.69, 9.17) is 0 Å². The van der Waals surface area contributed by atoms with Crippen molar-refractivity contribution in [3.05, 3.63) is 69.2 Å². The van der Waals surface area contributed by atoms with Crippen molar-refractivity contribution in [2.45, 2.75) is 52.9 Å². The Bertz CT molecular complexity index is 906. The third-order valence-corrected chi connectivity index (χ3v) is 6.30. The summed E-state index contributed by atoms with van der Waals surface area (Å²) in [6.07, 6.45) is 6.18. The summed E-state index contributed by atoms with van der Waals surface area (Å²) < 4.78 is 2.50. The number of fused-ring (bicyclic) bond motifs is 1. The minimum absolute atomic E-state index is 0. The zero-order valence-corrected chi connectivity index (χ0v) is 17.4. The van der Waals surface area contributed by atoms with Gasteiger partial charge in [-0.15, -0.1) is 0 Å². The Labute approximate surface area is 167 Å². The van der Waals surface area contributed by atoms with Gasteiger partial charge in [-0.2, -0.15) is 4.57 Å². The Kier molecular flexibility index (Phi) is 5.84. The molecule has 0 saturated carbocycles. The van der Waals surface area contributed by atoms with Crippen LogP contribution >= 0.6 is 11.3 Å². The summed E-state index contributed by atoms with van der Waals surface area (Å²) in [7, 11) is 0. The van der Waals surface area contributed by atoms with Crippen LogP contribution in [0.5, 0.6) is 0 Å². The molecule has 3 heteroatoms. The fourth-order valence-electron chi connectivity index (χ4n) is 4.14. The van der Waals surface area contributed by atoms with Crippen LogP contribution in [0.2, 0.25) is 0 Å². The lowest BCUT2D eigenvalue weighted by molar-refractivity contribution is -0.599. The molecule has 0 N–H and O–H groups in total. The summed E-state index contributed by atoms with van der Waals surface area (Å²) in [5, 5.41) is 0. The Morgan fingerprint density at radius 3 is 2.46 bits per heavy atom. The first kappa shape index (κ1) is 19.1. The van der Waals surface area contributed by atoms with Gasteiger partial charge < -0.3 is 12.4 Å². The molecule has 26 heavy (non-hydrogen) atoms. The van der Waals surface area contributed by atoms with E-state index in [1.165, 1.54) is 59.2 Å². The highest BCUT2D eigenvalue weighted by Gasteiger charge is 2.28. The summed E-state index contributed by atoms with van der Waals surface area (Å²) in [6, 6.07) is 13.7. The lowest BCUT2D eigenvalue weighted by Crippen LogP contribution is -3.00. The Hall–Kier alpha value is -1.64. The van der Waals surface area contributed by atoms with Crippen molar-refractivity contribution in [1.29, 1.82) is 0 Å². The standard InChI is InChI=1S/C23H26NS.ClH/c1-4-18-8-7-9-20(19-13-16(2)12-17(3)14-19)23(18)24-15-25-22-11-6-5-10-21(22)24;/h7-9,12-15H,4-6,10-11H2,1-3H3;1H/q+1;/p-1. The number of aromatic nitrogens is 1. The topological polar surface area (TPSA) is 3.88 Å². The maximum absolute atomic E-state index is 2.50. The molecule has 1 aliphatic rings. The van der Waals surface area contributed by atoms with E-state index in [1.54, 1.807) is 10.6 Å². The number of nitrogens with zero attached hydrogens (tertiary/aromatic N) is 1. The minimum atomic E-state index is 0. The van der Waals surface area contributed by atoms with Crippen LogP contribution < -0.4 is 17.0 Å². The Balaban J connectivity index is 0.00000196. The van der Waals surface area contributed by atoms with Crippen LogP contribution in [0.25, 0.3) is 16.8 Å². The van der Waals surface area contributed by atoms with Gasteiger partial charge in [-0.25, -0.2) is 0 Å². The normalized spacial score (nSPS) is 13.2. The van der Waals surface area contributed by atoms with Crippen LogP contribution in [-0.2, 0) is 19.3 Å². The number of thiazole rings is 1. The molecule has 3 aromatic rings. The van der Waals surface area contributed by atoms with Crippen molar-refractivity contribution in [3.63, 3.8) is 0 Å². The summed E-state index contributed by atoms with van der Waals surface area (Å²) in [5.41, 5.74) is 12.1. The molecule has 1 heterocycles. The molecule has 0 bridgehead atoms. The maximum Gasteiger partial charge on any atom is 0.231 e. The zero-order chi connectivity index (χ0) is 17.4. The number of aryl methyl sites for hydroxylation is 4. The van der Waals surface area contributed by atoms with E-state index < -0.39 is 0 Å². The highest BCUT2D eigenvalue weighted by molar-refractivity contribution is 7.09. The second kappa shape index (κ2) is 7.94. The lowest BCUT2D eigenvalue weighted by Gasteiger charge is -2.13. The molecule has 0 atom stereocenters. The van der Waals surface area contributed by atoms with Crippen LogP contribution in [-0.4, -0.2) is 0 Å². The molecule has 1 aliphatic carbocycles. The summed E-state index contributed by atoms with van der Waals surface area (Å²) in [5.74, 6) is 0. The first-order chi connectivity index (χ1) is 12.2. The van der Waals surface area contributed by atoms with E-state index in [1.807, 2.05) is 11.3 Å². The monoisotopic (exact) mass is 383 g/mol. The summed E-state index contributed by atoms with van der Waals surface area (Å²) in [6.45, 7) is 6.66. The van der Waals surface area contributed by atoms with E-state index in [9.17, 15) is 0 Å². The van der Waals surface area contributed by atoms with E-state index in [-0.39, 0.29) is 12.4 Å². The van der Waals surface area contributed by atoms with Crippen molar-refractivity contribution in [3.8, 4) is 16.8 Å². The summed E-state index contributed by atoms with van der Waals surface area (Å²) in [4.78, 5) is 1.59. The molecular formula is C23H26ClNS. The van der Waals surface area contributed by atoms with Gasteiger partial charge in [0.15, 0.2) is 0 Å². The fourth-order valence-corrected chi connectivity index (χ4v) is 5.20. The van der Waals surface area contributed by atoms with E-state index in [0.29, 0.717) is 0 Å². The maximum atomic E-state index is 2.50. The van der Waals surface area contributed by atoms with Crippen molar-refractivity contribution >= 4 is 11.3 Å². The molecule has 4 rings (SSSR count). The van der Waals surface area contributed by atoms with Gasteiger partial charge >= 0.3 is 0 Å². The van der Waals surface area contributed by atoms with Gasteiger partial charge in [0, 0.05) is 12.0 Å². The van der Waals surface area contributed by atoms with Crippen molar-refractivity contribution in [2.75, 3.05) is 0 Å². The molecule has 0 unspecified atom stereocenters. The molecule has 0 radical (unpaired) electrons. The number of hydrogen-bond acceptors (Lipinski definition) is 1. The predicted octanol–water partition coefficient (Wildman–Crippen LogP) is 2.75. The highest BCUT2D eigenvalue weighted by Crippen LogP contribution is 2.31. The molecule has 2 aromatic carbocycles. The molecule has 1 nitrogen and oxygen atoms in total. The average Bonchev–Trinajstić information content (AvgIpc) is 3.04. The van der Waals surface area contributed by atoms with Gasteiger partial charge in [0.1, 0.15) is 0 Å². The average molecular weight is 384 g/mol. The first-order valence-corrected chi connectivity index (χ1v) is 10.3. The third-order valence-electron chi connectivity index (χ3n) is 5.25. The number of halogens is 1. The van der Waals surface area contributed by atoms with Crippen LogP contribution in [0, 0.1) is 13.8 Å². The van der Waals surface area contributed by atoms with Gasteiger partial charge in [0.25, 0.3) is 0 Å². The second-order valence-corrected chi connectivity index (χ2v) is 8.15. The second-order valence-electron chi connectivity index (χ2n) is 7.21. The molecular weight excluding hydrogens is 358 g/mol. The first-order valence-electron chi connectivity index (χ1n) is 9.39. The third kappa shape index (κ3) is 3.45. The van der Waals surface area contributed by atoms with Gasteiger partial charge in [0.05, 0.1) is 10.4 Å². The molecule has 0 fully saturated rings. The van der Waals surface area contributed by atoms with Gasteiger partial charge in [-0.05, 0) is 51.2 Å². The number of benzene rings is 2. The number of para-hydroxylation sites is 1. The zero-order valence-electron chi connectivity index (χ0n) is 15.8. The van der Waals surface area contributed by atoms with Gasteiger partial charge in [-0.3, -0.25) is 0 Å². The van der Waals surface area contributed by atoms with Crippen LogP contribution in [0.15, 0.2) is 41.9 Å². The van der Waals surface area contributed by atoms with E-state index in [0.717, 1.165) is 6.42 Å². The predicted molar refractivity (Wildman–Crippen MR) is 107 cm³/mol. The largest absolute Gasteiger partial charge is 1.00 e. The minimum Gasteiger partial charge on any atom is -1.00 e. The number of rotatable bonds is 3. The van der Waals surface area contributed by atoms with Crippen molar-refractivity contribution in [1.82, 2.24) is 0 Å². The van der Waals surface area contributed by atoms with Crippen molar-refractivity contribution in [2.24, 2.45) is 0 Å². The van der Waals surface area contributed by atoms with Crippen LogP contribution in [0.3, 0.4) is 0 Å². The smallest absolute Gasteiger partial charge is 0.231 e. The molecule has 136 valence electrons. The molecule has 0 spiro atoms. The quantitative estimate of drug-likeness (QED) is 0.612. The lowest BCUT2D eigenvalue weighted by atomic mass is 9.95. The SMILES string of the molecule is CCc1cccc(-c2cc(C)cc(C)c2)c1-[n+]1csc2c1CCCC2.[Cl-]. The number of hydrogen-bond donors (Lipinski definition) is 0. The van der Waals surface area contributed by atoms with Crippen molar-refractivity contribution < 1.29 is 17.0 Å². The van der Waals surface area contributed by atoms with E-state index in [2.05, 4.69) is 67.2 Å².